The zero-order valence-electron chi connectivity index (χ0n) is 16.4. The van der Waals surface area contributed by atoms with Crippen molar-refractivity contribution in [2.24, 2.45) is 5.41 Å². The second-order valence-electron chi connectivity index (χ2n) is 8.66. The maximum Gasteiger partial charge on any atom is 0.317 e. The molecule has 142 valence electrons. The molecule has 2 unspecified atom stereocenters. The zero-order valence-corrected chi connectivity index (χ0v) is 16.4. The quantitative estimate of drug-likeness (QED) is 0.597. The van der Waals surface area contributed by atoms with Gasteiger partial charge in [0, 0.05) is 13.1 Å². The molecule has 24 heavy (non-hydrogen) atoms. The lowest BCUT2D eigenvalue weighted by atomic mass is 9.92. The number of nitrogens with zero attached hydrogens (tertiary/aromatic N) is 1. The van der Waals surface area contributed by atoms with Crippen molar-refractivity contribution < 1.29 is 9.90 Å². The molecule has 0 aliphatic heterocycles. The highest BCUT2D eigenvalue weighted by Crippen LogP contribution is 2.20. The summed E-state index contributed by atoms with van der Waals surface area (Å²) in [6.07, 6.45) is 10.9. The van der Waals surface area contributed by atoms with Crippen LogP contribution in [-0.4, -0.2) is 41.3 Å². The van der Waals surface area contributed by atoms with Gasteiger partial charge in [-0.25, -0.2) is 4.79 Å². The molecular weight excluding hydrogens is 300 g/mol. The number of unbranched alkanes of at least 4 members (excludes halogenated alkanes) is 5. The molecule has 0 bridgehead atoms. The minimum atomic E-state index is -0.381. The Morgan fingerprint density at radius 1 is 1.08 bits per heavy atom. The van der Waals surface area contributed by atoms with Crippen molar-refractivity contribution in [3.05, 3.63) is 0 Å². The zero-order chi connectivity index (χ0) is 18.0. The standard InChI is InChI=1S/C20H40N2O2/c1-5-6-7-8-9-12-15-22(16-20(2,3)4)19(24)21-17-13-10-11-14-18(17)23/h17-18,23H,5-16H2,1-4H3,(H,21,24). The van der Waals surface area contributed by atoms with E-state index in [4.69, 9.17) is 0 Å². The third-order valence-electron chi connectivity index (χ3n) is 4.77. The fraction of sp³-hybridized carbons (Fsp3) is 0.950. The molecule has 0 aromatic carbocycles. The van der Waals surface area contributed by atoms with Gasteiger partial charge in [-0.1, -0.05) is 72.6 Å². The highest BCUT2D eigenvalue weighted by Gasteiger charge is 2.27. The summed E-state index contributed by atoms with van der Waals surface area (Å²) in [6.45, 7) is 10.3. The molecule has 0 radical (unpaired) electrons. The van der Waals surface area contributed by atoms with E-state index < -0.39 is 0 Å². The highest BCUT2D eigenvalue weighted by atomic mass is 16.3. The highest BCUT2D eigenvalue weighted by molar-refractivity contribution is 5.74. The monoisotopic (exact) mass is 340 g/mol. The first-order chi connectivity index (χ1) is 11.3. The summed E-state index contributed by atoms with van der Waals surface area (Å²) >= 11 is 0. The second-order valence-corrected chi connectivity index (χ2v) is 8.66. The molecule has 1 aliphatic carbocycles. The van der Waals surface area contributed by atoms with Crippen LogP contribution in [0.3, 0.4) is 0 Å². The number of aliphatic hydroxyl groups is 1. The summed E-state index contributed by atoms with van der Waals surface area (Å²) in [5, 5.41) is 13.2. The van der Waals surface area contributed by atoms with E-state index in [0.717, 1.165) is 45.2 Å². The summed E-state index contributed by atoms with van der Waals surface area (Å²) in [7, 11) is 0. The Labute approximate surface area is 149 Å². The van der Waals surface area contributed by atoms with Gasteiger partial charge in [-0.3, -0.25) is 0 Å². The lowest BCUT2D eigenvalue weighted by Gasteiger charge is -2.34. The average molecular weight is 341 g/mol. The van der Waals surface area contributed by atoms with Gasteiger partial charge in [-0.05, 0) is 24.7 Å². The van der Waals surface area contributed by atoms with Crippen LogP contribution in [0.2, 0.25) is 0 Å². The van der Waals surface area contributed by atoms with Crippen LogP contribution >= 0.6 is 0 Å². The number of nitrogens with one attached hydrogen (secondary N) is 1. The number of carbonyl (C=O) groups excluding carboxylic acids is 1. The van der Waals surface area contributed by atoms with Gasteiger partial charge in [0.25, 0.3) is 0 Å². The fourth-order valence-corrected chi connectivity index (χ4v) is 3.44. The Morgan fingerprint density at radius 3 is 2.33 bits per heavy atom. The molecule has 0 aromatic rings. The van der Waals surface area contributed by atoms with Gasteiger partial charge in [-0.15, -0.1) is 0 Å². The molecule has 1 rings (SSSR count). The molecule has 2 amide bonds. The number of hydrogen-bond acceptors (Lipinski definition) is 2. The van der Waals surface area contributed by atoms with Crippen LogP contribution in [0.4, 0.5) is 4.79 Å². The van der Waals surface area contributed by atoms with E-state index in [-0.39, 0.29) is 23.6 Å². The van der Waals surface area contributed by atoms with Crippen molar-refractivity contribution in [1.82, 2.24) is 10.2 Å². The predicted octanol–water partition coefficient (Wildman–Crippen LogP) is 4.71. The number of amides is 2. The van der Waals surface area contributed by atoms with Gasteiger partial charge >= 0.3 is 6.03 Å². The van der Waals surface area contributed by atoms with Crippen LogP contribution in [0, 0.1) is 5.41 Å². The molecule has 1 fully saturated rings. The summed E-state index contributed by atoms with van der Waals surface area (Å²) in [6, 6.07) is -0.0669. The molecule has 4 nitrogen and oxygen atoms in total. The summed E-state index contributed by atoms with van der Waals surface area (Å²) < 4.78 is 0. The third-order valence-corrected chi connectivity index (χ3v) is 4.77. The van der Waals surface area contributed by atoms with Crippen molar-refractivity contribution in [1.29, 1.82) is 0 Å². The van der Waals surface area contributed by atoms with Crippen molar-refractivity contribution in [3.8, 4) is 0 Å². The molecule has 0 saturated heterocycles. The van der Waals surface area contributed by atoms with E-state index in [9.17, 15) is 9.90 Å². The Balaban J connectivity index is 2.46. The molecule has 4 heteroatoms. The summed E-state index contributed by atoms with van der Waals surface area (Å²) in [4.78, 5) is 14.7. The lowest BCUT2D eigenvalue weighted by molar-refractivity contribution is 0.0877. The van der Waals surface area contributed by atoms with E-state index in [2.05, 4.69) is 33.0 Å². The van der Waals surface area contributed by atoms with E-state index in [0.29, 0.717) is 0 Å². The van der Waals surface area contributed by atoms with Crippen molar-refractivity contribution in [2.45, 2.75) is 104 Å². The molecule has 0 aromatic heterocycles. The van der Waals surface area contributed by atoms with Crippen molar-refractivity contribution in [3.63, 3.8) is 0 Å². The first-order valence-electron chi connectivity index (χ1n) is 10.1. The molecule has 1 saturated carbocycles. The van der Waals surface area contributed by atoms with Gasteiger partial charge in [0.05, 0.1) is 12.1 Å². The van der Waals surface area contributed by atoms with Gasteiger partial charge < -0.3 is 15.3 Å². The number of urea groups is 1. The number of rotatable bonds is 9. The fourth-order valence-electron chi connectivity index (χ4n) is 3.44. The number of carbonyl (C=O) groups is 1. The van der Waals surface area contributed by atoms with Crippen molar-refractivity contribution in [2.75, 3.05) is 13.1 Å². The number of aliphatic hydroxyl groups excluding tert-OH is 1. The van der Waals surface area contributed by atoms with Gasteiger partial charge in [0.2, 0.25) is 0 Å². The first-order valence-corrected chi connectivity index (χ1v) is 10.1. The molecular formula is C20H40N2O2. The molecule has 2 N–H and O–H groups in total. The Kier molecular flexibility index (Phi) is 9.72. The summed E-state index contributed by atoms with van der Waals surface area (Å²) in [5.41, 5.74) is 0.0880. The van der Waals surface area contributed by atoms with Gasteiger partial charge in [0.15, 0.2) is 0 Å². The van der Waals surface area contributed by atoms with Gasteiger partial charge in [-0.2, -0.15) is 0 Å². The maximum absolute atomic E-state index is 12.7. The van der Waals surface area contributed by atoms with Crippen LogP contribution in [0.25, 0.3) is 0 Å². The van der Waals surface area contributed by atoms with Crippen LogP contribution in [0.15, 0.2) is 0 Å². The van der Waals surface area contributed by atoms with Crippen LogP contribution < -0.4 is 5.32 Å². The third kappa shape index (κ3) is 8.91. The topological polar surface area (TPSA) is 52.6 Å². The molecule has 1 aliphatic rings. The van der Waals surface area contributed by atoms with E-state index in [1.807, 2.05) is 4.90 Å². The largest absolute Gasteiger partial charge is 0.391 e. The van der Waals surface area contributed by atoms with Crippen LogP contribution in [0.1, 0.15) is 91.9 Å². The lowest BCUT2D eigenvalue weighted by Crippen LogP contribution is -2.52. The maximum atomic E-state index is 12.7. The minimum Gasteiger partial charge on any atom is -0.391 e. The Hall–Kier alpha value is -0.770. The number of hydrogen-bond donors (Lipinski definition) is 2. The van der Waals surface area contributed by atoms with E-state index >= 15 is 0 Å². The molecule has 0 heterocycles. The smallest absolute Gasteiger partial charge is 0.317 e. The Morgan fingerprint density at radius 2 is 1.71 bits per heavy atom. The minimum absolute atomic E-state index is 0.00410. The van der Waals surface area contributed by atoms with Crippen molar-refractivity contribution >= 4 is 6.03 Å². The van der Waals surface area contributed by atoms with Gasteiger partial charge in [0.1, 0.15) is 0 Å². The summed E-state index contributed by atoms with van der Waals surface area (Å²) in [5.74, 6) is 0. The van der Waals surface area contributed by atoms with Crippen LogP contribution in [-0.2, 0) is 0 Å². The molecule has 0 spiro atoms. The first kappa shape index (κ1) is 21.3. The predicted molar refractivity (Wildman–Crippen MR) is 101 cm³/mol. The SMILES string of the molecule is CCCCCCCCN(CC(C)(C)C)C(=O)NC1CCCCC1O. The second kappa shape index (κ2) is 11.0. The average Bonchev–Trinajstić information content (AvgIpc) is 2.50. The van der Waals surface area contributed by atoms with Crippen LogP contribution in [0.5, 0.6) is 0 Å². The van der Waals surface area contributed by atoms with E-state index in [1.165, 1.54) is 32.1 Å². The normalized spacial score (nSPS) is 21.5. The molecule has 2 atom stereocenters. The van der Waals surface area contributed by atoms with E-state index in [1.54, 1.807) is 0 Å². The Bertz CT molecular complexity index is 352.